The van der Waals surface area contributed by atoms with Crippen LogP contribution in [0.4, 0.5) is 0 Å². The largest absolute Gasteiger partial charge is 0.495 e. The number of methoxy groups -OCH3 is 1. The zero-order valence-electron chi connectivity index (χ0n) is 7.27. The molecule has 0 saturated heterocycles. The van der Waals surface area contributed by atoms with E-state index in [0.717, 1.165) is 0 Å². The Labute approximate surface area is 75.5 Å². The molecule has 0 radical (unpaired) electrons. The molecule has 0 N–H and O–H groups in total. The molecule has 1 rings (SSSR count). The van der Waals surface area contributed by atoms with Crippen LogP contribution in [0, 0.1) is 10.1 Å². The van der Waals surface area contributed by atoms with Gasteiger partial charge in [-0.1, -0.05) is 0 Å². The summed E-state index contributed by atoms with van der Waals surface area (Å²) in [5.41, 5.74) is 0.706. The summed E-state index contributed by atoms with van der Waals surface area (Å²) < 4.78 is 4.90. The van der Waals surface area contributed by atoms with Gasteiger partial charge in [0.05, 0.1) is 19.7 Å². The molecule has 5 nitrogen and oxygen atoms in total. The van der Waals surface area contributed by atoms with Crippen LogP contribution in [0.1, 0.15) is 5.69 Å². The molecule has 1 aromatic heterocycles. The van der Waals surface area contributed by atoms with Crippen molar-refractivity contribution in [2.45, 2.75) is 6.42 Å². The molecule has 0 bridgehead atoms. The molecule has 0 aliphatic rings. The highest BCUT2D eigenvalue weighted by Gasteiger charge is 2.00. The Morgan fingerprint density at radius 2 is 2.38 bits per heavy atom. The third-order valence-corrected chi connectivity index (χ3v) is 1.58. The normalized spacial score (nSPS) is 9.62. The fourth-order valence-corrected chi connectivity index (χ4v) is 0.885. The molecule has 1 heterocycles. The summed E-state index contributed by atoms with van der Waals surface area (Å²) >= 11 is 0. The van der Waals surface area contributed by atoms with Gasteiger partial charge >= 0.3 is 0 Å². The van der Waals surface area contributed by atoms with Crippen molar-refractivity contribution in [2.24, 2.45) is 0 Å². The highest BCUT2D eigenvalue weighted by molar-refractivity contribution is 5.19. The van der Waals surface area contributed by atoms with Gasteiger partial charge in [0.15, 0.2) is 0 Å². The fourth-order valence-electron chi connectivity index (χ4n) is 0.885. The van der Waals surface area contributed by atoms with Gasteiger partial charge in [0.1, 0.15) is 5.75 Å². The highest BCUT2D eigenvalue weighted by Crippen LogP contribution is 2.07. The number of pyridine rings is 1. The second kappa shape index (κ2) is 4.39. The van der Waals surface area contributed by atoms with E-state index in [2.05, 4.69) is 4.98 Å². The molecule has 0 atom stereocenters. The summed E-state index contributed by atoms with van der Waals surface area (Å²) in [5.74, 6) is 0.657. The van der Waals surface area contributed by atoms with Crippen LogP contribution >= 0.6 is 0 Å². The van der Waals surface area contributed by atoms with Crippen molar-refractivity contribution in [1.29, 1.82) is 0 Å². The van der Waals surface area contributed by atoms with Gasteiger partial charge in [-0.3, -0.25) is 15.1 Å². The van der Waals surface area contributed by atoms with Crippen molar-refractivity contribution in [1.82, 2.24) is 4.98 Å². The van der Waals surface area contributed by atoms with Crippen LogP contribution in [0.3, 0.4) is 0 Å². The third kappa shape index (κ3) is 3.06. The van der Waals surface area contributed by atoms with E-state index >= 15 is 0 Å². The Kier molecular flexibility index (Phi) is 3.19. The van der Waals surface area contributed by atoms with Crippen molar-refractivity contribution in [3.8, 4) is 5.75 Å². The Morgan fingerprint density at radius 1 is 1.62 bits per heavy atom. The zero-order valence-corrected chi connectivity index (χ0v) is 7.27. The second-order valence-electron chi connectivity index (χ2n) is 2.50. The summed E-state index contributed by atoms with van der Waals surface area (Å²) in [7, 11) is 1.55. The first-order valence-corrected chi connectivity index (χ1v) is 3.83. The fraction of sp³-hybridized carbons (Fsp3) is 0.375. The molecule has 0 fully saturated rings. The van der Waals surface area contributed by atoms with E-state index in [1.54, 1.807) is 25.4 Å². The average Bonchev–Trinajstić information content (AvgIpc) is 2.15. The van der Waals surface area contributed by atoms with Gasteiger partial charge in [0.25, 0.3) is 0 Å². The maximum atomic E-state index is 10.0. The third-order valence-electron chi connectivity index (χ3n) is 1.58. The highest BCUT2D eigenvalue weighted by atomic mass is 16.6. The average molecular weight is 182 g/mol. The summed E-state index contributed by atoms with van der Waals surface area (Å²) in [6.07, 6.45) is 1.91. The lowest BCUT2D eigenvalue weighted by Gasteiger charge is -1.99. The Morgan fingerprint density at radius 3 is 2.85 bits per heavy atom. The lowest BCUT2D eigenvalue weighted by molar-refractivity contribution is -0.479. The summed E-state index contributed by atoms with van der Waals surface area (Å²) in [6.45, 7) is -0.0840. The number of rotatable bonds is 4. The van der Waals surface area contributed by atoms with E-state index in [4.69, 9.17) is 4.74 Å². The maximum absolute atomic E-state index is 10.0. The molecule has 0 saturated carbocycles. The first kappa shape index (κ1) is 9.44. The number of hydrogen-bond acceptors (Lipinski definition) is 4. The SMILES string of the molecule is COc1ccc(CC[N+](=O)[O-])nc1. The van der Waals surface area contributed by atoms with Gasteiger partial charge < -0.3 is 4.74 Å². The van der Waals surface area contributed by atoms with Crippen LogP contribution in [0.25, 0.3) is 0 Å². The van der Waals surface area contributed by atoms with Crippen LogP contribution in [0.2, 0.25) is 0 Å². The molecule has 0 aliphatic heterocycles. The van der Waals surface area contributed by atoms with Gasteiger partial charge in [-0.2, -0.15) is 0 Å². The van der Waals surface area contributed by atoms with Crippen LogP contribution < -0.4 is 4.74 Å². The second-order valence-corrected chi connectivity index (χ2v) is 2.50. The quantitative estimate of drug-likeness (QED) is 0.512. The predicted octanol–water partition coefficient (Wildman–Crippen LogP) is 0.909. The minimum absolute atomic E-state index is 0.0840. The summed E-state index contributed by atoms with van der Waals surface area (Å²) in [4.78, 5) is 13.7. The zero-order chi connectivity index (χ0) is 9.68. The Bertz CT molecular complexity index is 284. The van der Waals surface area contributed by atoms with Crippen LogP contribution in [0.15, 0.2) is 18.3 Å². The molecular formula is C8H10N2O3. The smallest absolute Gasteiger partial charge is 0.209 e. The van der Waals surface area contributed by atoms with Crippen molar-refractivity contribution in [3.05, 3.63) is 34.1 Å². The molecule has 13 heavy (non-hydrogen) atoms. The molecule has 0 aliphatic carbocycles. The lowest BCUT2D eigenvalue weighted by atomic mass is 10.3. The van der Waals surface area contributed by atoms with E-state index in [1.165, 1.54) is 0 Å². The van der Waals surface area contributed by atoms with Crippen molar-refractivity contribution < 1.29 is 9.66 Å². The molecule has 70 valence electrons. The molecule has 5 heteroatoms. The van der Waals surface area contributed by atoms with Gasteiger partial charge in [-0.25, -0.2) is 0 Å². The first-order chi connectivity index (χ1) is 6.22. The van der Waals surface area contributed by atoms with Crippen molar-refractivity contribution in [2.75, 3.05) is 13.7 Å². The van der Waals surface area contributed by atoms with E-state index < -0.39 is 0 Å². The number of hydrogen-bond donors (Lipinski definition) is 0. The molecule has 1 aromatic rings. The van der Waals surface area contributed by atoms with Gasteiger partial charge in [-0.05, 0) is 12.1 Å². The van der Waals surface area contributed by atoms with Gasteiger partial charge in [-0.15, -0.1) is 0 Å². The molecule has 0 unspecified atom stereocenters. The Hall–Kier alpha value is -1.65. The minimum atomic E-state index is -0.355. The standard InChI is InChI=1S/C8H10N2O3/c1-13-8-3-2-7(9-6-8)4-5-10(11)12/h2-3,6H,4-5H2,1H3. The van der Waals surface area contributed by atoms with E-state index in [1.807, 2.05) is 0 Å². The monoisotopic (exact) mass is 182 g/mol. The lowest BCUT2D eigenvalue weighted by Crippen LogP contribution is -2.05. The molecule has 0 spiro atoms. The molecule has 0 amide bonds. The Balaban J connectivity index is 2.54. The van der Waals surface area contributed by atoms with Gasteiger partial charge in [0.2, 0.25) is 6.54 Å². The minimum Gasteiger partial charge on any atom is -0.495 e. The number of nitro groups is 1. The van der Waals surface area contributed by atoms with Crippen molar-refractivity contribution in [3.63, 3.8) is 0 Å². The predicted molar refractivity (Wildman–Crippen MR) is 46.4 cm³/mol. The van der Waals surface area contributed by atoms with Crippen LogP contribution in [-0.2, 0) is 6.42 Å². The first-order valence-electron chi connectivity index (χ1n) is 3.83. The summed E-state index contributed by atoms with van der Waals surface area (Å²) in [6, 6.07) is 3.46. The van der Waals surface area contributed by atoms with Crippen molar-refractivity contribution >= 4 is 0 Å². The van der Waals surface area contributed by atoms with Crippen LogP contribution in [0.5, 0.6) is 5.75 Å². The van der Waals surface area contributed by atoms with Gasteiger partial charge in [0, 0.05) is 10.6 Å². The van der Waals surface area contributed by atoms with E-state index in [9.17, 15) is 10.1 Å². The van der Waals surface area contributed by atoms with E-state index in [0.29, 0.717) is 17.9 Å². The maximum Gasteiger partial charge on any atom is 0.209 e. The van der Waals surface area contributed by atoms with E-state index in [-0.39, 0.29) is 11.5 Å². The van der Waals surface area contributed by atoms with Crippen LogP contribution in [-0.4, -0.2) is 23.6 Å². The summed E-state index contributed by atoms with van der Waals surface area (Å²) in [5, 5.41) is 10.0. The molecule has 0 aromatic carbocycles. The molecular weight excluding hydrogens is 172 g/mol. The number of aromatic nitrogens is 1. The topological polar surface area (TPSA) is 65.3 Å². The number of ether oxygens (including phenoxy) is 1. The number of nitrogens with zero attached hydrogens (tertiary/aromatic N) is 2.